The van der Waals surface area contributed by atoms with Crippen LogP contribution in [0.2, 0.25) is 0 Å². The molecule has 1 fully saturated rings. The number of benzene rings is 1. The molecule has 0 radical (unpaired) electrons. The molecule has 0 amide bonds. The van der Waals surface area contributed by atoms with Crippen molar-refractivity contribution in [3.05, 3.63) is 47.3 Å². The molecule has 4 rings (SSSR count). The predicted molar refractivity (Wildman–Crippen MR) is 131 cm³/mol. The first kappa shape index (κ1) is 30.8. The molecule has 1 aromatic heterocycles. The first-order valence-electron chi connectivity index (χ1n) is 12.4. The lowest BCUT2D eigenvalue weighted by molar-refractivity contribution is -0.139. The highest BCUT2D eigenvalue weighted by Crippen LogP contribution is 2.48. The van der Waals surface area contributed by atoms with Crippen molar-refractivity contribution in [3.63, 3.8) is 0 Å². The van der Waals surface area contributed by atoms with Crippen LogP contribution in [0.4, 0.5) is 36.4 Å². The lowest BCUT2D eigenvalue weighted by atomic mass is 9.86. The van der Waals surface area contributed by atoms with Crippen molar-refractivity contribution in [2.75, 3.05) is 18.5 Å². The third kappa shape index (κ3) is 6.52. The smallest absolute Gasteiger partial charge is 0.420 e. The average Bonchev–Trinajstić information content (AvgIpc) is 2.91. The Kier molecular flexibility index (Phi) is 7.97. The Balaban J connectivity index is 1.83. The van der Waals surface area contributed by atoms with Gasteiger partial charge in [0.15, 0.2) is 5.69 Å². The Morgan fingerprint density at radius 3 is 2.41 bits per heavy atom. The molecule has 2 aliphatic rings. The third-order valence-electron chi connectivity index (χ3n) is 7.16. The number of ether oxygens (including phenoxy) is 1. The van der Waals surface area contributed by atoms with Crippen molar-refractivity contribution >= 4 is 21.7 Å². The number of fused-ring (bicyclic) bond motifs is 1. The van der Waals surface area contributed by atoms with Gasteiger partial charge in [-0.15, -0.1) is 0 Å². The highest BCUT2D eigenvalue weighted by Gasteiger charge is 2.51. The highest BCUT2D eigenvalue weighted by molar-refractivity contribution is 7.89. The minimum atomic E-state index is -5.10. The number of aromatic nitrogens is 1. The number of carbonyl (C=O) groups is 1. The molecule has 2 aromatic rings. The molecular weight excluding hydrogens is 587 g/mol. The predicted octanol–water partition coefficient (Wildman–Crippen LogP) is 5.42. The van der Waals surface area contributed by atoms with E-state index in [0.29, 0.717) is 19.1 Å². The number of pyridine rings is 1. The van der Waals surface area contributed by atoms with Crippen LogP contribution >= 0.6 is 0 Å². The van der Waals surface area contributed by atoms with Crippen LogP contribution in [0.15, 0.2) is 35.4 Å². The average molecular weight is 614 g/mol. The number of hydrogen-bond donors (Lipinski definition) is 1. The molecule has 16 heteroatoms. The quantitative estimate of drug-likeness (QED) is 0.397. The van der Waals surface area contributed by atoms with Crippen LogP contribution in [0.3, 0.4) is 0 Å². The van der Waals surface area contributed by atoms with Crippen LogP contribution in [0.25, 0.3) is 0 Å². The summed E-state index contributed by atoms with van der Waals surface area (Å²) in [6.45, 7) is -0.483. The number of alkyl halides is 7. The summed E-state index contributed by atoms with van der Waals surface area (Å²) in [6.07, 6.45) is -6.60. The number of carboxylic acid groups (broad SMARTS) is 1. The zero-order chi connectivity index (χ0) is 30.5. The Bertz CT molecular complexity index is 1420. The first-order chi connectivity index (χ1) is 18.8. The Morgan fingerprint density at radius 1 is 1.20 bits per heavy atom. The molecule has 226 valence electrons. The van der Waals surface area contributed by atoms with E-state index < -0.39 is 106 Å². The number of rotatable bonds is 8. The second-order valence-electron chi connectivity index (χ2n) is 10.3. The van der Waals surface area contributed by atoms with E-state index in [4.69, 9.17) is 4.74 Å². The largest absolute Gasteiger partial charge is 0.488 e. The maximum absolute atomic E-state index is 14.2. The van der Waals surface area contributed by atoms with E-state index in [1.165, 1.54) is 12.1 Å². The molecule has 41 heavy (non-hydrogen) atoms. The van der Waals surface area contributed by atoms with E-state index in [0.717, 1.165) is 22.4 Å². The standard InChI is InChI=1S/C25H26F7N3O5S/c1-23(26,27)6-5-15-12-35(16-10-24(28,29)11-16)18-8-17(25(30,31)32)19(9-20(18)41(38,39)34(15)2)40-13-14-4-3-7-33-21(14)22(36)37/h3-4,7-9,15-16H,5-6,10-13H2,1-2H3,(H,36,37). The fourth-order valence-electron chi connectivity index (χ4n) is 4.91. The van der Waals surface area contributed by atoms with E-state index >= 15 is 0 Å². The maximum atomic E-state index is 14.2. The Hall–Kier alpha value is -3.14. The molecule has 1 aromatic carbocycles. The molecule has 1 N–H and O–H groups in total. The van der Waals surface area contributed by atoms with Gasteiger partial charge in [0.05, 0.1) is 11.3 Å². The summed E-state index contributed by atoms with van der Waals surface area (Å²) < 4.78 is 131. The summed E-state index contributed by atoms with van der Waals surface area (Å²) in [5.74, 6) is -8.72. The van der Waals surface area contributed by atoms with Gasteiger partial charge in [0.2, 0.25) is 15.9 Å². The normalized spacial score (nSPS) is 21.1. The fourth-order valence-corrected chi connectivity index (χ4v) is 6.48. The molecule has 8 nitrogen and oxygen atoms in total. The van der Waals surface area contributed by atoms with Crippen LogP contribution in [-0.2, 0) is 22.8 Å². The molecule has 1 saturated carbocycles. The fraction of sp³-hybridized carbons (Fsp3) is 0.520. The van der Waals surface area contributed by atoms with E-state index in [2.05, 4.69) is 4.98 Å². The van der Waals surface area contributed by atoms with Crippen molar-refractivity contribution in [2.24, 2.45) is 0 Å². The van der Waals surface area contributed by atoms with Gasteiger partial charge in [-0.25, -0.2) is 35.8 Å². The van der Waals surface area contributed by atoms with Gasteiger partial charge in [-0.2, -0.15) is 17.5 Å². The lowest BCUT2D eigenvalue weighted by Crippen LogP contribution is -2.54. The number of sulfonamides is 1. The second kappa shape index (κ2) is 10.6. The lowest BCUT2D eigenvalue weighted by Gasteiger charge is -2.44. The van der Waals surface area contributed by atoms with Crippen LogP contribution in [0.1, 0.15) is 54.2 Å². The molecule has 2 heterocycles. The summed E-state index contributed by atoms with van der Waals surface area (Å²) in [6, 6.07) is 1.48. The van der Waals surface area contributed by atoms with Gasteiger partial charge < -0.3 is 14.7 Å². The molecule has 1 atom stereocenters. The molecule has 1 unspecified atom stereocenters. The van der Waals surface area contributed by atoms with Crippen molar-refractivity contribution in [3.8, 4) is 5.75 Å². The van der Waals surface area contributed by atoms with Gasteiger partial charge in [0.1, 0.15) is 17.3 Å². The molecule has 1 aliphatic heterocycles. The third-order valence-corrected chi connectivity index (χ3v) is 9.10. The first-order valence-corrected chi connectivity index (χ1v) is 13.8. The monoisotopic (exact) mass is 613 g/mol. The van der Waals surface area contributed by atoms with Crippen molar-refractivity contribution in [2.45, 2.75) is 74.2 Å². The second-order valence-corrected chi connectivity index (χ2v) is 12.2. The van der Waals surface area contributed by atoms with Gasteiger partial charge in [0, 0.05) is 62.8 Å². The maximum Gasteiger partial charge on any atom is 0.420 e. The summed E-state index contributed by atoms with van der Waals surface area (Å²) in [5, 5.41) is 9.31. The van der Waals surface area contributed by atoms with Gasteiger partial charge in [-0.1, -0.05) is 6.07 Å². The van der Waals surface area contributed by atoms with Crippen molar-refractivity contribution in [1.82, 2.24) is 9.29 Å². The highest BCUT2D eigenvalue weighted by atomic mass is 32.2. The topological polar surface area (TPSA) is 100 Å². The van der Waals surface area contributed by atoms with Crippen LogP contribution in [0.5, 0.6) is 5.75 Å². The molecular formula is C25H26F7N3O5S. The summed E-state index contributed by atoms with van der Waals surface area (Å²) in [5.41, 5.74) is -2.52. The number of aromatic carboxylic acids is 1. The molecule has 0 spiro atoms. The molecule has 1 aliphatic carbocycles. The number of likely N-dealkylation sites (N-methyl/N-ethyl adjacent to an activating group) is 1. The number of nitrogens with zero attached hydrogens (tertiary/aromatic N) is 3. The summed E-state index contributed by atoms with van der Waals surface area (Å²) >= 11 is 0. The van der Waals surface area contributed by atoms with Crippen LogP contribution in [0, 0.1) is 0 Å². The van der Waals surface area contributed by atoms with E-state index in [1.54, 1.807) is 0 Å². The number of anilines is 1. The van der Waals surface area contributed by atoms with E-state index in [9.17, 15) is 49.1 Å². The van der Waals surface area contributed by atoms with Gasteiger partial charge >= 0.3 is 12.1 Å². The number of hydrogen-bond acceptors (Lipinski definition) is 6. The number of carboxylic acids is 1. The minimum absolute atomic E-state index is 0.0954. The minimum Gasteiger partial charge on any atom is -0.488 e. The molecule has 0 saturated heterocycles. The number of halogens is 7. The van der Waals surface area contributed by atoms with Gasteiger partial charge in [-0.05, 0) is 25.5 Å². The zero-order valence-corrected chi connectivity index (χ0v) is 22.6. The summed E-state index contributed by atoms with van der Waals surface area (Å²) in [7, 11) is -3.55. The van der Waals surface area contributed by atoms with Gasteiger partial charge in [-0.3, -0.25) is 0 Å². The SMILES string of the molecule is CN1C(CCC(C)(F)F)CN(C2CC(F)(F)C2)c2cc(C(F)(F)F)c(OCc3cccnc3C(=O)O)cc2S1(=O)=O. The van der Waals surface area contributed by atoms with Crippen molar-refractivity contribution < 1.29 is 53.8 Å². The summed E-state index contributed by atoms with van der Waals surface area (Å²) in [4.78, 5) is 15.5. The Labute approximate surface area is 230 Å². The molecule has 0 bridgehead atoms. The van der Waals surface area contributed by atoms with Crippen LogP contribution in [-0.4, -0.2) is 66.3 Å². The van der Waals surface area contributed by atoms with E-state index in [-0.39, 0.29) is 12.0 Å². The Morgan fingerprint density at radius 2 is 1.85 bits per heavy atom. The van der Waals surface area contributed by atoms with Crippen molar-refractivity contribution in [1.29, 1.82) is 0 Å². The van der Waals surface area contributed by atoms with E-state index in [1.807, 2.05) is 0 Å². The van der Waals surface area contributed by atoms with Crippen LogP contribution < -0.4 is 9.64 Å². The van der Waals surface area contributed by atoms with Gasteiger partial charge in [0.25, 0.3) is 5.92 Å². The zero-order valence-electron chi connectivity index (χ0n) is 21.8.